The van der Waals surface area contributed by atoms with E-state index in [-0.39, 0.29) is 12.5 Å². The molecule has 1 saturated heterocycles. The molecule has 1 aliphatic heterocycles. The van der Waals surface area contributed by atoms with Crippen molar-refractivity contribution in [1.29, 1.82) is 0 Å². The van der Waals surface area contributed by atoms with Gasteiger partial charge in [0.15, 0.2) is 0 Å². The average Bonchev–Trinajstić information content (AvgIpc) is 3.18. The van der Waals surface area contributed by atoms with Crippen molar-refractivity contribution in [2.24, 2.45) is 0 Å². The van der Waals surface area contributed by atoms with Gasteiger partial charge in [-0.1, -0.05) is 30.7 Å². The zero-order chi connectivity index (χ0) is 23.6. The van der Waals surface area contributed by atoms with Crippen LogP contribution < -0.4 is 10.2 Å². The van der Waals surface area contributed by atoms with Crippen LogP contribution >= 0.6 is 11.6 Å². The summed E-state index contributed by atoms with van der Waals surface area (Å²) in [5.41, 5.74) is 2.95. The lowest BCUT2D eigenvalue weighted by molar-refractivity contribution is -0.135. The highest BCUT2D eigenvalue weighted by Crippen LogP contribution is 2.37. The molecule has 2 aromatic rings. The number of nitrogens with one attached hydrogen (secondary N) is 1. The van der Waals surface area contributed by atoms with Gasteiger partial charge in [0.25, 0.3) is 0 Å². The van der Waals surface area contributed by atoms with Crippen LogP contribution in [0.25, 0.3) is 0 Å². The summed E-state index contributed by atoms with van der Waals surface area (Å²) in [6.07, 6.45) is -0.716. The van der Waals surface area contributed by atoms with Crippen LogP contribution in [0.4, 0.5) is 19.0 Å². The van der Waals surface area contributed by atoms with Crippen LogP contribution in [-0.2, 0) is 11.2 Å². The molecule has 0 spiro atoms. The lowest BCUT2D eigenvalue weighted by atomic mass is 9.97. The molecule has 0 radical (unpaired) electrons. The number of alkyl halides is 3. The van der Waals surface area contributed by atoms with Crippen LogP contribution in [0, 0.1) is 0 Å². The van der Waals surface area contributed by atoms with Crippen LogP contribution in [0.5, 0.6) is 0 Å². The summed E-state index contributed by atoms with van der Waals surface area (Å²) in [5, 5.41) is 2.90. The van der Waals surface area contributed by atoms with E-state index in [4.69, 9.17) is 11.6 Å². The molecule has 1 aliphatic carbocycles. The standard InChI is InChI=1S/C23H27ClF3N5O/c1-15-2-7-19-20(15)21(30-14-29-19)31-8-10-32(11-9-31)22(33)18(12-28-13-23(25,26)27)16-3-5-17(24)6-4-16/h3-6,14-15,18,28H,2,7-13H2,1H3. The van der Waals surface area contributed by atoms with Crippen molar-refractivity contribution in [1.82, 2.24) is 20.2 Å². The van der Waals surface area contributed by atoms with Gasteiger partial charge in [-0.15, -0.1) is 0 Å². The number of amides is 1. The first kappa shape index (κ1) is 23.8. The maximum absolute atomic E-state index is 13.3. The SMILES string of the molecule is CC1CCc2ncnc(N3CCN(C(=O)C(CNCC(F)(F)F)c4ccc(Cl)cc4)CC3)c21. The van der Waals surface area contributed by atoms with Crippen LogP contribution in [0.1, 0.15) is 42.0 Å². The highest BCUT2D eigenvalue weighted by atomic mass is 35.5. The van der Waals surface area contributed by atoms with E-state index in [0.29, 0.717) is 42.7 Å². The molecule has 6 nitrogen and oxygen atoms in total. The van der Waals surface area contributed by atoms with E-state index in [9.17, 15) is 18.0 Å². The van der Waals surface area contributed by atoms with Gasteiger partial charge in [0.1, 0.15) is 12.1 Å². The first-order valence-electron chi connectivity index (χ1n) is 11.1. The quantitative estimate of drug-likeness (QED) is 0.680. The van der Waals surface area contributed by atoms with Gasteiger partial charge in [-0.25, -0.2) is 9.97 Å². The van der Waals surface area contributed by atoms with Crippen molar-refractivity contribution in [2.75, 3.05) is 44.2 Å². The largest absolute Gasteiger partial charge is 0.401 e. The number of rotatable bonds is 6. The molecule has 2 unspecified atom stereocenters. The third kappa shape index (κ3) is 5.58. The van der Waals surface area contributed by atoms with Crippen molar-refractivity contribution in [3.63, 3.8) is 0 Å². The first-order valence-corrected chi connectivity index (χ1v) is 11.5. The highest BCUT2D eigenvalue weighted by Gasteiger charge is 2.33. The lowest BCUT2D eigenvalue weighted by Gasteiger charge is -2.38. The van der Waals surface area contributed by atoms with Crippen molar-refractivity contribution in [3.05, 3.63) is 52.4 Å². The molecule has 1 fully saturated rings. The Morgan fingerprint density at radius 1 is 1.18 bits per heavy atom. The molecule has 0 bridgehead atoms. The Morgan fingerprint density at radius 3 is 2.55 bits per heavy atom. The maximum Gasteiger partial charge on any atom is 0.401 e. The molecular formula is C23H27ClF3N5O. The van der Waals surface area contributed by atoms with E-state index >= 15 is 0 Å². The van der Waals surface area contributed by atoms with Crippen LogP contribution in [-0.4, -0.2) is 66.2 Å². The Kier molecular flexibility index (Phi) is 7.09. The summed E-state index contributed by atoms with van der Waals surface area (Å²) in [4.78, 5) is 26.2. The summed E-state index contributed by atoms with van der Waals surface area (Å²) in [6, 6.07) is 6.69. The molecule has 2 aliphatic rings. The van der Waals surface area contributed by atoms with Gasteiger partial charge >= 0.3 is 6.18 Å². The molecule has 0 saturated carbocycles. The molecule has 178 valence electrons. The number of halogens is 4. The van der Waals surface area contributed by atoms with Gasteiger partial charge in [0, 0.05) is 49.0 Å². The zero-order valence-corrected chi connectivity index (χ0v) is 19.2. The second-order valence-corrected chi connectivity index (χ2v) is 9.10. The first-order chi connectivity index (χ1) is 15.7. The predicted octanol–water partition coefficient (Wildman–Crippen LogP) is 3.76. The van der Waals surface area contributed by atoms with Gasteiger partial charge in [0.2, 0.25) is 5.91 Å². The molecular weight excluding hydrogens is 455 g/mol. The lowest BCUT2D eigenvalue weighted by Crippen LogP contribution is -2.51. The Bertz CT molecular complexity index is 977. The molecule has 1 amide bonds. The fourth-order valence-electron chi connectivity index (χ4n) is 4.64. The van der Waals surface area contributed by atoms with Gasteiger partial charge in [0.05, 0.1) is 12.5 Å². The summed E-state index contributed by atoms with van der Waals surface area (Å²) >= 11 is 5.96. The van der Waals surface area contributed by atoms with Crippen molar-refractivity contribution >= 4 is 23.3 Å². The number of nitrogens with zero attached hydrogens (tertiary/aromatic N) is 4. The minimum absolute atomic E-state index is 0.100. The van der Waals surface area contributed by atoms with Crippen molar-refractivity contribution < 1.29 is 18.0 Å². The summed E-state index contributed by atoms with van der Waals surface area (Å²) in [6.45, 7) is 3.14. The van der Waals surface area contributed by atoms with Crippen LogP contribution in [0.15, 0.2) is 30.6 Å². The number of carbonyl (C=O) groups excluding carboxylic acids is 1. The molecule has 33 heavy (non-hydrogen) atoms. The van der Waals surface area contributed by atoms with Gasteiger partial charge in [-0.05, 0) is 36.5 Å². The number of aryl methyl sites for hydroxylation is 1. The van der Waals surface area contributed by atoms with E-state index in [1.807, 2.05) is 0 Å². The minimum atomic E-state index is -4.34. The number of benzene rings is 1. The Balaban J connectivity index is 1.45. The summed E-state index contributed by atoms with van der Waals surface area (Å²) in [7, 11) is 0. The molecule has 1 N–H and O–H groups in total. The number of aromatic nitrogens is 2. The van der Waals surface area contributed by atoms with Crippen molar-refractivity contribution in [2.45, 2.75) is 37.8 Å². The number of carbonyl (C=O) groups is 1. The van der Waals surface area contributed by atoms with E-state index in [1.54, 1.807) is 35.5 Å². The second kappa shape index (κ2) is 9.85. The van der Waals surface area contributed by atoms with Crippen molar-refractivity contribution in [3.8, 4) is 0 Å². The smallest absolute Gasteiger partial charge is 0.353 e. The highest BCUT2D eigenvalue weighted by molar-refractivity contribution is 6.30. The van der Waals surface area contributed by atoms with E-state index < -0.39 is 18.6 Å². The monoisotopic (exact) mass is 481 g/mol. The van der Waals surface area contributed by atoms with Crippen LogP contribution in [0.3, 0.4) is 0 Å². The number of hydrogen-bond donors (Lipinski definition) is 1. The number of anilines is 1. The van der Waals surface area contributed by atoms with E-state index in [0.717, 1.165) is 24.4 Å². The minimum Gasteiger partial charge on any atom is -0.353 e. The molecule has 4 rings (SSSR count). The number of piperazine rings is 1. The molecule has 2 atom stereocenters. The number of hydrogen-bond acceptors (Lipinski definition) is 5. The van der Waals surface area contributed by atoms with Gasteiger partial charge in [-0.2, -0.15) is 13.2 Å². The van der Waals surface area contributed by atoms with E-state index in [1.165, 1.54) is 5.56 Å². The maximum atomic E-state index is 13.3. The fourth-order valence-corrected chi connectivity index (χ4v) is 4.76. The molecule has 2 heterocycles. The average molecular weight is 482 g/mol. The summed E-state index contributed by atoms with van der Waals surface area (Å²) < 4.78 is 38.0. The van der Waals surface area contributed by atoms with Crippen LogP contribution in [0.2, 0.25) is 5.02 Å². The zero-order valence-electron chi connectivity index (χ0n) is 18.4. The fraction of sp³-hybridized carbons (Fsp3) is 0.522. The Labute approximate surface area is 196 Å². The number of fused-ring (bicyclic) bond motifs is 1. The predicted molar refractivity (Wildman–Crippen MR) is 121 cm³/mol. The normalized spacial score (nSPS) is 19.5. The van der Waals surface area contributed by atoms with Gasteiger partial charge in [-0.3, -0.25) is 4.79 Å². The summed E-state index contributed by atoms with van der Waals surface area (Å²) in [5.74, 6) is 0.440. The topological polar surface area (TPSA) is 61.4 Å². The van der Waals surface area contributed by atoms with E-state index in [2.05, 4.69) is 27.1 Å². The van der Waals surface area contributed by atoms with Gasteiger partial charge < -0.3 is 15.1 Å². The third-order valence-corrected chi connectivity index (χ3v) is 6.64. The third-order valence-electron chi connectivity index (χ3n) is 6.39. The Hall–Kier alpha value is -2.39. The molecule has 10 heteroatoms. The molecule has 1 aromatic carbocycles. The second-order valence-electron chi connectivity index (χ2n) is 8.66. The molecule has 1 aromatic heterocycles. The Morgan fingerprint density at radius 2 is 1.88 bits per heavy atom.